The summed E-state index contributed by atoms with van der Waals surface area (Å²) >= 11 is 1.28. The number of carbonyl (C=O) groups is 1. The molecule has 156 valence electrons. The van der Waals surface area contributed by atoms with Crippen LogP contribution in [0.4, 0.5) is 5.69 Å². The number of aryl methyl sites for hydroxylation is 1. The minimum absolute atomic E-state index is 0.103. The molecule has 6 heteroatoms. The van der Waals surface area contributed by atoms with E-state index in [1.807, 2.05) is 72.8 Å². The monoisotopic (exact) mass is 429 g/mol. The first-order valence-electron chi connectivity index (χ1n) is 10.2. The van der Waals surface area contributed by atoms with Crippen molar-refractivity contribution in [2.45, 2.75) is 25.0 Å². The largest absolute Gasteiger partial charge is 0.325 e. The summed E-state index contributed by atoms with van der Waals surface area (Å²) in [6.45, 7) is 2.46. The van der Waals surface area contributed by atoms with E-state index in [1.165, 1.54) is 11.8 Å². The second-order valence-electron chi connectivity index (χ2n) is 7.14. The van der Waals surface area contributed by atoms with Gasteiger partial charge < -0.3 is 5.32 Å². The Labute approximate surface area is 185 Å². The van der Waals surface area contributed by atoms with Gasteiger partial charge in [-0.3, -0.25) is 14.2 Å². The van der Waals surface area contributed by atoms with Gasteiger partial charge in [-0.1, -0.05) is 79.3 Å². The number of nitrogens with zero attached hydrogens (tertiary/aromatic N) is 2. The molecule has 0 fully saturated rings. The highest BCUT2D eigenvalue weighted by Gasteiger charge is 2.14. The lowest BCUT2D eigenvalue weighted by Crippen LogP contribution is -2.25. The minimum atomic E-state index is -0.125. The molecule has 1 amide bonds. The molecular formula is C25H23N3O2S. The first-order valence-corrected chi connectivity index (χ1v) is 11.2. The number of nitrogens with one attached hydrogen (secondary N) is 1. The van der Waals surface area contributed by atoms with Crippen LogP contribution in [-0.4, -0.2) is 21.2 Å². The van der Waals surface area contributed by atoms with Crippen LogP contribution >= 0.6 is 11.8 Å². The molecule has 0 aliphatic carbocycles. The van der Waals surface area contributed by atoms with E-state index < -0.39 is 0 Å². The molecule has 0 aliphatic rings. The number of amides is 1. The molecular weight excluding hydrogens is 406 g/mol. The Bertz CT molecular complexity index is 1270. The molecule has 0 atom stereocenters. The summed E-state index contributed by atoms with van der Waals surface area (Å²) < 4.78 is 1.65. The van der Waals surface area contributed by atoms with E-state index in [0.717, 1.165) is 23.2 Å². The zero-order chi connectivity index (χ0) is 21.6. The SMILES string of the molecule is CCc1ccccc1NC(=O)CSc1nc2ccccc2c(=O)n1Cc1ccccc1. The summed E-state index contributed by atoms with van der Waals surface area (Å²) in [5.41, 5.74) is 3.45. The first kappa shape index (κ1) is 20.9. The summed E-state index contributed by atoms with van der Waals surface area (Å²) in [6.07, 6.45) is 0.840. The Morgan fingerprint density at radius 1 is 0.968 bits per heavy atom. The number of carbonyl (C=O) groups excluding carboxylic acids is 1. The highest BCUT2D eigenvalue weighted by Crippen LogP contribution is 2.21. The van der Waals surface area contributed by atoms with E-state index in [4.69, 9.17) is 4.98 Å². The van der Waals surface area contributed by atoms with Crippen molar-refractivity contribution in [3.05, 3.63) is 100 Å². The Morgan fingerprint density at radius 2 is 1.68 bits per heavy atom. The third kappa shape index (κ3) is 4.86. The van der Waals surface area contributed by atoms with Crippen LogP contribution in [0.2, 0.25) is 0 Å². The summed E-state index contributed by atoms with van der Waals surface area (Å²) in [5, 5.41) is 4.08. The van der Waals surface area contributed by atoms with Crippen molar-refractivity contribution in [3.8, 4) is 0 Å². The van der Waals surface area contributed by atoms with Gasteiger partial charge in [0.1, 0.15) is 0 Å². The Hall–Kier alpha value is -3.38. The summed E-state index contributed by atoms with van der Waals surface area (Å²) in [4.78, 5) is 30.5. The van der Waals surface area contributed by atoms with E-state index >= 15 is 0 Å². The number of hydrogen-bond donors (Lipinski definition) is 1. The van der Waals surface area contributed by atoms with Crippen molar-refractivity contribution in [2.75, 3.05) is 11.1 Å². The maximum Gasteiger partial charge on any atom is 0.262 e. The molecule has 4 aromatic rings. The maximum absolute atomic E-state index is 13.2. The number of aromatic nitrogens is 2. The molecule has 1 heterocycles. The first-order chi connectivity index (χ1) is 15.2. The molecule has 3 aromatic carbocycles. The zero-order valence-electron chi connectivity index (χ0n) is 17.2. The van der Waals surface area contributed by atoms with Gasteiger partial charge >= 0.3 is 0 Å². The minimum Gasteiger partial charge on any atom is -0.325 e. The summed E-state index contributed by atoms with van der Waals surface area (Å²) in [5.74, 6) is 0.0389. The van der Waals surface area contributed by atoms with Gasteiger partial charge in [0.05, 0.1) is 23.2 Å². The third-order valence-electron chi connectivity index (χ3n) is 5.01. The molecule has 0 bridgehead atoms. The summed E-state index contributed by atoms with van der Waals surface area (Å²) in [6, 6.07) is 24.9. The van der Waals surface area contributed by atoms with E-state index in [1.54, 1.807) is 10.6 Å². The molecule has 0 saturated carbocycles. The molecule has 0 unspecified atom stereocenters. The molecule has 5 nitrogen and oxygen atoms in total. The van der Waals surface area contributed by atoms with Crippen molar-refractivity contribution in [1.82, 2.24) is 9.55 Å². The molecule has 4 rings (SSSR count). The van der Waals surface area contributed by atoms with Crippen molar-refractivity contribution in [3.63, 3.8) is 0 Å². The van der Waals surface area contributed by atoms with Crippen molar-refractivity contribution in [2.24, 2.45) is 0 Å². The lowest BCUT2D eigenvalue weighted by molar-refractivity contribution is -0.113. The Balaban J connectivity index is 1.60. The van der Waals surface area contributed by atoms with Gasteiger partial charge in [-0.25, -0.2) is 4.98 Å². The molecule has 1 N–H and O–H groups in total. The van der Waals surface area contributed by atoms with Gasteiger partial charge in [-0.15, -0.1) is 0 Å². The van der Waals surface area contributed by atoms with Gasteiger partial charge in [-0.2, -0.15) is 0 Å². The lowest BCUT2D eigenvalue weighted by Gasteiger charge is -2.14. The second kappa shape index (κ2) is 9.62. The Kier molecular flexibility index (Phi) is 6.48. The van der Waals surface area contributed by atoms with E-state index in [0.29, 0.717) is 22.6 Å². The number of hydrogen-bond acceptors (Lipinski definition) is 4. The molecule has 0 aliphatic heterocycles. The number of thioether (sulfide) groups is 1. The average molecular weight is 430 g/mol. The maximum atomic E-state index is 13.2. The van der Waals surface area contributed by atoms with Crippen LogP contribution < -0.4 is 10.9 Å². The fourth-order valence-corrected chi connectivity index (χ4v) is 4.23. The number of benzene rings is 3. The van der Waals surface area contributed by atoms with Crippen LogP contribution in [0.5, 0.6) is 0 Å². The Morgan fingerprint density at radius 3 is 2.48 bits per heavy atom. The quantitative estimate of drug-likeness (QED) is 0.341. The molecule has 1 aromatic heterocycles. The van der Waals surface area contributed by atoms with Gasteiger partial charge in [0.2, 0.25) is 5.91 Å². The standard InChI is InChI=1S/C25H23N3O2S/c1-2-19-12-6-8-14-21(19)26-23(29)17-31-25-27-22-15-9-7-13-20(22)24(30)28(25)16-18-10-4-3-5-11-18/h3-15H,2,16-17H2,1H3,(H,26,29). The van der Waals surface area contributed by atoms with Crippen LogP contribution in [0.25, 0.3) is 10.9 Å². The van der Waals surface area contributed by atoms with Crippen molar-refractivity contribution in [1.29, 1.82) is 0 Å². The number of para-hydroxylation sites is 2. The smallest absolute Gasteiger partial charge is 0.262 e. The van der Waals surface area contributed by atoms with Crippen molar-refractivity contribution < 1.29 is 4.79 Å². The van der Waals surface area contributed by atoms with Crippen molar-refractivity contribution >= 4 is 34.3 Å². The second-order valence-corrected chi connectivity index (χ2v) is 8.08. The third-order valence-corrected chi connectivity index (χ3v) is 5.99. The van der Waals surface area contributed by atoms with Crippen LogP contribution in [0.1, 0.15) is 18.1 Å². The predicted octanol–water partition coefficient (Wildman–Crippen LogP) is 4.74. The van der Waals surface area contributed by atoms with E-state index in [-0.39, 0.29) is 17.2 Å². The fraction of sp³-hybridized carbons (Fsp3) is 0.160. The van der Waals surface area contributed by atoms with E-state index in [2.05, 4.69) is 12.2 Å². The normalized spacial score (nSPS) is 10.9. The van der Waals surface area contributed by atoms with Gasteiger partial charge in [0.25, 0.3) is 5.56 Å². The van der Waals surface area contributed by atoms with Crippen LogP contribution in [-0.2, 0) is 17.8 Å². The predicted molar refractivity (Wildman–Crippen MR) is 127 cm³/mol. The molecule has 31 heavy (non-hydrogen) atoms. The molecule has 0 radical (unpaired) electrons. The van der Waals surface area contributed by atoms with Gasteiger partial charge in [-0.05, 0) is 35.7 Å². The van der Waals surface area contributed by atoms with Gasteiger partial charge in [0, 0.05) is 5.69 Å². The summed E-state index contributed by atoms with van der Waals surface area (Å²) in [7, 11) is 0. The zero-order valence-corrected chi connectivity index (χ0v) is 18.1. The van der Waals surface area contributed by atoms with E-state index in [9.17, 15) is 9.59 Å². The van der Waals surface area contributed by atoms with Crippen LogP contribution in [0.15, 0.2) is 88.8 Å². The average Bonchev–Trinajstić information content (AvgIpc) is 2.81. The molecule has 0 spiro atoms. The highest BCUT2D eigenvalue weighted by atomic mass is 32.2. The number of rotatable bonds is 7. The number of anilines is 1. The van der Waals surface area contributed by atoms with Crippen LogP contribution in [0.3, 0.4) is 0 Å². The topological polar surface area (TPSA) is 64.0 Å². The fourth-order valence-electron chi connectivity index (χ4n) is 3.43. The molecule has 0 saturated heterocycles. The highest BCUT2D eigenvalue weighted by molar-refractivity contribution is 7.99. The van der Waals surface area contributed by atoms with Crippen LogP contribution in [0, 0.1) is 0 Å². The number of fused-ring (bicyclic) bond motifs is 1. The lowest BCUT2D eigenvalue weighted by atomic mass is 10.1. The van der Waals surface area contributed by atoms with Gasteiger partial charge in [0.15, 0.2) is 5.16 Å².